The zero-order chi connectivity index (χ0) is 14.6. The molecule has 4 unspecified atom stereocenters. The first-order chi connectivity index (χ1) is 10.1. The van der Waals surface area contributed by atoms with Crippen LogP contribution in [0.2, 0.25) is 0 Å². The quantitative estimate of drug-likeness (QED) is 0.705. The van der Waals surface area contributed by atoms with Crippen molar-refractivity contribution in [2.45, 2.75) is 62.7 Å². The van der Waals surface area contributed by atoms with E-state index in [0.717, 1.165) is 22.6 Å². The number of hydrogen-bond acceptors (Lipinski definition) is 2. The van der Waals surface area contributed by atoms with Crippen LogP contribution >= 0.6 is 11.8 Å². The minimum absolute atomic E-state index is 0.487. The van der Waals surface area contributed by atoms with Gasteiger partial charge in [0.2, 0.25) is 0 Å². The highest BCUT2D eigenvalue weighted by Crippen LogP contribution is 2.61. The molecule has 1 nitrogen and oxygen atoms in total. The van der Waals surface area contributed by atoms with Gasteiger partial charge in [0.1, 0.15) is 5.75 Å². The SMILES string of the molecule is CSc1cc2c(cc1O)CCC1C2CCC2(C)CCCC12. The molecule has 1 aromatic carbocycles. The van der Waals surface area contributed by atoms with Crippen LogP contribution in [0.3, 0.4) is 0 Å². The first-order valence-electron chi connectivity index (χ1n) is 8.52. The second kappa shape index (κ2) is 4.94. The van der Waals surface area contributed by atoms with Gasteiger partial charge < -0.3 is 5.11 Å². The molecule has 3 aliphatic carbocycles. The minimum atomic E-state index is 0.487. The summed E-state index contributed by atoms with van der Waals surface area (Å²) in [6.45, 7) is 2.56. The standard InChI is InChI=1S/C19H26OS/c1-19-8-3-4-16(19)14-6-5-12-10-17(20)18(21-2)11-15(12)13(14)7-9-19/h10-11,13-14,16,20H,3-9H2,1-2H3. The predicted octanol–water partition coefficient (Wildman–Crippen LogP) is 5.36. The Hall–Kier alpha value is -0.630. The highest BCUT2D eigenvalue weighted by atomic mass is 32.2. The van der Waals surface area contributed by atoms with Crippen LogP contribution in [0.4, 0.5) is 0 Å². The Morgan fingerprint density at radius 3 is 2.86 bits per heavy atom. The zero-order valence-electron chi connectivity index (χ0n) is 13.2. The van der Waals surface area contributed by atoms with Crippen LogP contribution in [0.15, 0.2) is 17.0 Å². The van der Waals surface area contributed by atoms with E-state index in [2.05, 4.69) is 25.3 Å². The third-order valence-corrected chi connectivity index (χ3v) is 7.57. The average molecular weight is 302 g/mol. The van der Waals surface area contributed by atoms with Gasteiger partial charge in [0.25, 0.3) is 0 Å². The lowest BCUT2D eigenvalue weighted by Gasteiger charge is -2.49. The second-order valence-electron chi connectivity index (χ2n) is 7.72. The van der Waals surface area contributed by atoms with E-state index in [1.165, 1.54) is 50.5 Å². The Balaban J connectivity index is 1.73. The van der Waals surface area contributed by atoms with Crippen molar-refractivity contribution >= 4 is 11.8 Å². The van der Waals surface area contributed by atoms with E-state index >= 15 is 0 Å². The van der Waals surface area contributed by atoms with Crippen molar-refractivity contribution in [3.05, 3.63) is 23.3 Å². The summed E-state index contributed by atoms with van der Waals surface area (Å²) in [4.78, 5) is 1.06. The number of thioether (sulfide) groups is 1. The molecule has 2 fully saturated rings. The van der Waals surface area contributed by atoms with Gasteiger partial charge in [0, 0.05) is 4.90 Å². The number of fused-ring (bicyclic) bond motifs is 5. The first kappa shape index (κ1) is 14.0. The van der Waals surface area contributed by atoms with Crippen molar-refractivity contribution in [2.75, 3.05) is 6.26 Å². The maximum atomic E-state index is 10.1. The smallest absolute Gasteiger partial charge is 0.129 e. The summed E-state index contributed by atoms with van der Waals surface area (Å²) in [6.07, 6.45) is 11.7. The van der Waals surface area contributed by atoms with Crippen molar-refractivity contribution < 1.29 is 5.11 Å². The molecule has 0 bridgehead atoms. The number of rotatable bonds is 1. The molecule has 0 aromatic heterocycles. The molecule has 2 saturated carbocycles. The van der Waals surface area contributed by atoms with Crippen molar-refractivity contribution in [3.8, 4) is 5.75 Å². The molecule has 0 aliphatic heterocycles. The fourth-order valence-corrected chi connectivity index (χ4v) is 6.26. The number of benzene rings is 1. The molecule has 1 aromatic rings. The topological polar surface area (TPSA) is 20.2 Å². The number of hydrogen-bond donors (Lipinski definition) is 1. The van der Waals surface area contributed by atoms with Gasteiger partial charge in [-0.25, -0.2) is 0 Å². The minimum Gasteiger partial charge on any atom is -0.507 e. The molecule has 0 saturated heterocycles. The maximum absolute atomic E-state index is 10.1. The molecule has 21 heavy (non-hydrogen) atoms. The van der Waals surface area contributed by atoms with Gasteiger partial charge in [-0.3, -0.25) is 0 Å². The summed E-state index contributed by atoms with van der Waals surface area (Å²) in [5.74, 6) is 3.10. The number of aromatic hydroxyl groups is 1. The zero-order valence-corrected chi connectivity index (χ0v) is 14.0. The van der Waals surface area contributed by atoms with Crippen LogP contribution in [0.5, 0.6) is 5.75 Å². The molecule has 1 N–H and O–H groups in total. The second-order valence-corrected chi connectivity index (χ2v) is 8.57. The Bertz CT molecular complexity index is 567. The van der Waals surface area contributed by atoms with Gasteiger partial charge in [0.05, 0.1) is 0 Å². The molecule has 0 radical (unpaired) electrons. The Kier molecular flexibility index (Phi) is 3.29. The fourth-order valence-electron chi connectivity index (χ4n) is 5.74. The number of aryl methyl sites for hydroxylation is 1. The van der Waals surface area contributed by atoms with Crippen molar-refractivity contribution in [3.63, 3.8) is 0 Å². The van der Waals surface area contributed by atoms with Crippen LogP contribution in [0.25, 0.3) is 0 Å². The molecule has 4 atom stereocenters. The Morgan fingerprint density at radius 1 is 1.19 bits per heavy atom. The van der Waals surface area contributed by atoms with Gasteiger partial charge in [-0.05, 0) is 91.2 Å². The monoisotopic (exact) mass is 302 g/mol. The van der Waals surface area contributed by atoms with Crippen LogP contribution in [-0.4, -0.2) is 11.4 Å². The van der Waals surface area contributed by atoms with Gasteiger partial charge in [-0.15, -0.1) is 11.8 Å². The van der Waals surface area contributed by atoms with E-state index < -0.39 is 0 Å². The summed E-state index contributed by atoms with van der Waals surface area (Å²) < 4.78 is 0. The van der Waals surface area contributed by atoms with Crippen molar-refractivity contribution in [1.29, 1.82) is 0 Å². The van der Waals surface area contributed by atoms with E-state index in [1.807, 2.05) is 0 Å². The van der Waals surface area contributed by atoms with Crippen LogP contribution in [0.1, 0.15) is 62.5 Å². The van der Waals surface area contributed by atoms with Crippen LogP contribution < -0.4 is 0 Å². The molecule has 114 valence electrons. The summed E-state index contributed by atoms with van der Waals surface area (Å²) in [7, 11) is 0. The van der Waals surface area contributed by atoms with Crippen LogP contribution in [0, 0.1) is 17.3 Å². The van der Waals surface area contributed by atoms with Crippen molar-refractivity contribution in [2.24, 2.45) is 17.3 Å². The summed E-state index contributed by atoms with van der Waals surface area (Å²) in [5.41, 5.74) is 3.63. The molecular weight excluding hydrogens is 276 g/mol. The molecule has 2 heteroatoms. The maximum Gasteiger partial charge on any atom is 0.129 e. The molecule has 0 amide bonds. The Labute approximate surface area is 132 Å². The number of phenolic OH excluding ortho intramolecular Hbond substituents is 1. The third-order valence-electron chi connectivity index (χ3n) is 6.81. The van der Waals surface area contributed by atoms with Crippen molar-refractivity contribution in [1.82, 2.24) is 0 Å². The molecular formula is C19H26OS. The fraction of sp³-hybridized carbons (Fsp3) is 0.684. The van der Waals surface area contributed by atoms with Gasteiger partial charge in [0.15, 0.2) is 0 Å². The highest BCUT2D eigenvalue weighted by Gasteiger charge is 2.50. The lowest BCUT2D eigenvalue weighted by molar-refractivity contribution is 0.0597. The van der Waals surface area contributed by atoms with E-state index in [1.54, 1.807) is 17.3 Å². The van der Waals surface area contributed by atoms with E-state index in [-0.39, 0.29) is 0 Å². The average Bonchev–Trinajstić information content (AvgIpc) is 2.88. The Morgan fingerprint density at radius 2 is 2.05 bits per heavy atom. The van der Waals surface area contributed by atoms with E-state index in [9.17, 15) is 5.11 Å². The van der Waals surface area contributed by atoms with E-state index in [0.29, 0.717) is 11.2 Å². The predicted molar refractivity (Wildman–Crippen MR) is 89.1 cm³/mol. The summed E-state index contributed by atoms with van der Waals surface area (Å²) in [6, 6.07) is 4.36. The lowest BCUT2D eigenvalue weighted by atomic mass is 9.56. The number of phenols is 1. The molecule has 4 rings (SSSR count). The highest BCUT2D eigenvalue weighted by molar-refractivity contribution is 7.98. The van der Waals surface area contributed by atoms with Gasteiger partial charge in [-0.2, -0.15) is 0 Å². The third kappa shape index (κ3) is 2.05. The lowest BCUT2D eigenvalue weighted by Crippen LogP contribution is -2.39. The van der Waals surface area contributed by atoms with E-state index in [4.69, 9.17) is 0 Å². The summed E-state index contributed by atoms with van der Waals surface area (Å²) in [5, 5.41) is 10.1. The molecule has 3 aliphatic rings. The largest absolute Gasteiger partial charge is 0.507 e. The molecule has 0 heterocycles. The first-order valence-corrected chi connectivity index (χ1v) is 9.74. The van der Waals surface area contributed by atoms with Crippen LogP contribution in [-0.2, 0) is 6.42 Å². The molecule has 0 spiro atoms. The normalized spacial score (nSPS) is 37.7. The van der Waals surface area contributed by atoms with Gasteiger partial charge in [-0.1, -0.05) is 13.3 Å². The summed E-state index contributed by atoms with van der Waals surface area (Å²) >= 11 is 1.68. The van der Waals surface area contributed by atoms with Gasteiger partial charge >= 0.3 is 0 Å².